The molecule has 0 fully saturated rings. The minimum atomic E-state index is 0.413. The lowest BCUT2D eigenvalue weighted by Crippen LogP contribution is -2.20. The monoisotopic (exact) mass is 365 g/mol. The van der Waals surface area contributed by atoms with Gasteiger partial charge in [0.1, 0.15) is 0 Å². The molecule has 3 rings (SSSR count). The Balaban J connectivity index is 1.59. The molecular formula is C16H16BrNS2. The number of benzene rings is 1. The van der Waals surface area contributed by atoms with Crippen LogP contribution in [-0.4, -0.2) is 6.54 Å². The van der Waals surface area contributed by atoms with Crippen molar-refractivity contribution in [1.29, 1.82) is 0 Å². The molecule has 1 aromatic carbocycles. The summed E-state index contributed by atoms with van der Waals surface area (Å²) in [4.78, 5) is 2.84. The van der Waals surface area contributed by atoms with E-state index in [0.29, 0.717) is 6.04 Å². The van der Waals surface area contributed by atoms with Crippen LogP contribution < -0.4 is 5.32 Å². The molecule has 0 amide bonds. The largest absolute Gasteiger partial charge is 0.309 e. The molecule has 1 nitrogen and oxygen atoms in total. The van der Waals surface area contributed by atoms with Crippen LogP contribution in [0.15, 0.2) is 46.3 Å². The molecule has 1 unspecified atom stereocenters. The molecule has 104 valence electrons. The second kappa shape index (κ2) is 6.39. The van der Waals surface area contributed by atoms with E-state index in [-0.39, 0.29) is 0 Å². The molecule has 0 aliphatic carbocycles. The molecule has 2 aromatic heterocycles. The van der Waals surface area contributed by atoms with Crippen LogP contribution in [0.5, 0.6) is 0 Å². The molecule has 20 heavy (non-hydrogen) atoms. The van der Waals surface area contributed by atoms with E-state index < -0.39 is 0 Å². The van der Waals surface area contributed by atoms with E-state index >= 15 is 0 Å². The van der Waals surface area contributed by atoms with Gasteiger partial charge in [0, 0.05) is 27.0 Å². The number of hydrogen-bond donors (Lipinski definition) is 1. The molecule has 0 bridgehead atoms. The van der Waals surface area contributed by atoms with Crippen molar-refractivity contribution in [1.82, 2.24) is 5.32 Å². The molecule has 0 saturated heterocycles. The van der Waals surface area contributed by atoms with Crippen molar-refractivity contribution in [3.8, 4) is 0 Å². The Morgan fingerprint density at radius 1 is 1.15 bits per heavy atom. The maximum absolute atomic E-state index is 3.62. The second-order valence-electron chi connectivity index (χ2n) is 4.82. The first kappa shape index (κ1) is 14.3. The predicted octanol–water partition coefficient (Wildman–Crippen LogP) is 5.62. The molecule has 1 atom stereocenters. The van der Waals surface area contributed by atoms with Crippen molar-refractivity contribution in [2.24, 2.45) is 0 Å². The fraction of sp³-hybridized carbons (Fsp3) is 0.250. The highest BCUT2D eigenvalue weighted by Gasteiger charge is 2.09. The number of hydrogen-bond acceptors (Lipinski definition) is 3. The minimum absolute atomic E-state index is 0.413. The lowest BCUT2D eigenvalue weighted by molar-refractivity contribution is 0.587. The SMILES string of the molecule is CC(NCCc1ccc(Br)s1)c1cc2ccccc2s1. The molecule has 0 spiro atoms. The highest BCUT2D eigenvalue weighted by Crippen LogP contribution is 2.29. The first-order chi connectivity index (χ1) is 9.72. The summed E-state index contributed by atoms with van der Waals surface area (Å²) in [6.07, 6.45) is 1.09. The van der Waals surface area contributed by atoms with Gasteiger partial charge in [-0.1, -0.05) is 18.2 Å². The van der Waals surface area contributed by atoms with Gasteiger partial charge in [0.15, 0.2) is 0 Å². The minimum Gasteiger partial charge on any atom is -0.309 e. The molecule has 1 N–H and O–H groups in total. The zero-order chi connectivity index (χ0) is 13.9. The van der Waals surface area contributed by atoms with Gasteiger partial charge >= 0.3 is 0 Å². The van der Waals surface area contributed by atoms with Crippen molar-refractivity contribution in [2.45, 2.75) is 19.4 Å². The van der Waals surface area contributed by atoms with Crippen LogP contribution in [0.25, 0.3) is 10.1 Å². The van der Waals surface area contributed by atoms with Crippen LogP contribution in [0.1, 0.15) is 22.7 Å². The first-order valence-corrected chi connectivity index (χ1v) is 9.11. The van der Waals surface area contributed by atoms with Gasteiger partial charge in [-0.15, -0.1) is 22.7 Å². The van der Waals surface area contributed by atoms with Crippen LogP contribution in [0.4, 0.5) is 0 Å². The van der Waals surface area contributed by atoms with Crippen LogP contribution in [0.3, 0.4) is 0 Å². The summed E-state index contributed by atoms with van der Waals surface area (Å²) in [5.41, 5.74) is 0. The smallest absolute Gasteiger partial charge is 0.0701 e. The normalized spacial score (nSPS) is 12.9. The number of nitrogens with one attached hydrogen (secondary N) is 1. The summed E-state index contributed by atoms with van der Waals surface area (Å²) in [6.45, 7) is 3.26. The average Bonchev–Trinajstić information content (AvgIpc) is 3.04. The van der Waals surface area contributed by atoms with Crippen LogP contribution in [-0.2, 0) is 6.42 Å². The number of halogens is 1. The third-order valence-electron chi connectivity index (χ3n) is 3.32. The van der Waals surface area contributed by atoms with Crippen molar-refractivity contribution in [3.63, 3.8) is 0 Å². The number of rotatable bonds is 5. The van der Waals surface area contributed by atoms with Crippen LogP contribution >= 0.6 is 38.6 Å². The van der Waals surface area contributed by atoms with Gasteiger partial charge in [-0.3, -0.25) is 0 Å². The van der Waals surface area contributed by atoms with E-state index in [2.05, 4.69) is 70.6 Å². The van der Waals surface area contributed by atoms with Crippen LogP contribution in [0.2, 0.25) is 0 Å². The van der Waals surface area contributed by atoms with Crippen molar-refractivity contribution >= 4 is 48.7 Å². The molecule has 2 heterocycles. The maximum Gasteiger partial charge on any atom is 0.0701 e. The van der Waals surface area contributed by atoms with Crippen molar-refractivity contribution in [2.75, 3.05) is 6.54 Å². The summed E-state index contributed by atoms with van der Waals surface area (Å²) in [7, 11) is 0. The van der Waals surface area contributed by atoms with Gasteiger partial charge in [0.05, 0.1) is 3.79 Å². The summed E-state index contributed by atoms with van der Waals surface area (Å²) >= 11 is 7.22. The Bertz CT molecular complexity index is 668. The maximum atomic E-state index is 3.62. The Hall–Kier alpha value is -0.680. The lowest BCUT2D eigenvalue weighted by Gasteiger charge is -2.11. The zero-order valence-electron chi connectivity index (χ0n) is 11.2. The molecule has 4 heteroatoms. The Labute approximate surface area is 135 Å². The summed E-state index contributed by atoms with van der Waals surface area (Å²) in [5.74, 6) is 0. The van der Waals surface area contributed by atoms with E-state index in [9.17, 15) is 0 Å². The van der Waals surface area contributed by atoms with Gasteiger partial charge in [-0.25, -0.2) is 0 Å². The molecule has 0 radical (unpaired) electrons. The molecular weight excluding hydrogens is 350 g/mol. The number of thiophene rings is 2. The summed E-state index contributed by atoms with van der Waals surface area (Å²) in [6, 6.07) is 15.6. The van der Waals surface area contributed by atoms with E-state index in [0.717, 1.165) is 13.0 Å². The van der Waals surface area contributed by atoms with E-state index in [1.54, 1.807) is 0 Å². The lowest BCUT2D eigenvalue weighted by atomic mass is 10.2. The molecule has 3 aromatic rings. The van der Waals surface area contributed by atoms with Gasteiger partial charge in [-0.05, 0) is 58.9 Å². The van der Waals surface area contributed by atoms with Gasteiger partial charge < -0.3 is 5.32 Å². The highest BCUT2D eigenvalue weighted by molar-refractivity contribution is 9.11. The molecule has 0 aliphatic heterocycles. The first-order valence-electron chi connectivity index (χ1n) is 6.68. The topological polar surface area (TPSA) is 12.0 Å². The third kappa shape index (κ3) is 3.31. The average molecular weight is 366 g/mol. The Morgan fingerprint density at radius 2 is 2.00 bits per heavy atom. The third-order valence-corrected chi connectivity index (χ3v) is 6.30. The molecule has 0 saturated carbocycles. The summed E-state index contributed by atoms with van der Waals surface area (Å²) < 4.78 is 2.59. The zero-order valence-corrected chi connectivity index (χ0v) is 14.4. The van der Waals surface area contributed by atoms with E-state index in [1.165, 1.54) is 23.6 Å². The standard InChI is InChI=1S/C16H16BrNS2/c1-11(18-9-8-13-6-7-16(17)19-13)15-10-12-4-2-3-5-14(12)20-15/h2-7,10-11,18H,8-9H2,1H3. The quantitative estimate of drug-likeness (QED) is 0.618. The number of fused-ring (bicyclic) bond motifs is 1. The van der Waals surface area contributed by atoms with Gasteiger partial charge in [0.25, 0.3) is 0 Å². The fourth-order valence-electron chi connectivity index (χ4n) is 2.21. The summed E-state index contributed by atoms with van der Waals surface area (Å²) in [5, 5.41) is 4.97. The molecule has 0 aliphatic rings. The Morgan fingerprint density at radius 3 is 2.75 bits per heavy atom. The van der Waals surface area contributed by atoms with Crippen LogP contribution in [0, 0.1) is 0 Å². The van der Waals surface area contributed by atoms with Gasteiger partial charge in [-0.2, -0.15) is 0 Å². The highest BCUT2D eigenvalue weighted by atomic mass is 79.9. The predicted molar refractivity (Wildman–Crippen MR) is 94.0 cm³/mol. The Kier molecular flexibility index (Phi) is 4.56. The van der Waals surface area contributed by atoms with Crippen molar-refractivity contribution < 1.29 is 0 Å². The second-order valence-corrected chi connectivity index (χ2v) is 8.48. The van der Waals surface area contributed by atoms with Gasteiger partial charge in [0.2, 0.25) is 0 Å². The van der Waals surface area contributed by atoms with Crippen molar-refractivity contribution in [3.05, 3.63) is 56.0 Å². The van der Waals surface area contributed by atoms with E-state index in [4.69, 9.17) is 0 Å². The van der Waals surface area contributed by atoms with E-state index in [1.807, 2.05) is 22.7 Å². The fourth-order valence-corrected chi connectivity index (χ4v) is 4.79.